The van der Waals surface area contributed by atoms with Gasteiger partial charge in [0.05, 0.1) is 0 Å². The van der Waals surface area contributed by atoms with E-state index in [4.69, 9.17) is 10.2 Å². The summed E-state index contributed by atoms with van der Waals surface area (Å²) in [6.07, 6.45) is 0. The Morgan fingerprint density at radius 3 is 1.94 bits per heavy atom. The van der Waals surface area contributed by atoms with E-state index in [1.54, 1.807) is 0 Å². The topological polar surface area (TPSA) is 30.7 Å². The molecule has 0 fully saturated rings. The Bertz CT molecular complexity index is 1470. The SMILES string of the molecule is Cc1ccc(-c2nnc(-c3cccc(-c4ccccc4)c3)n2-c2ccc(C(C)(C)C)cc2)c(C)c1. The molecule has 5 rings (SSSR count). The standard InChI is InChI=1S/C32H31N3/c1-22-14-19-29(23(2)20-22)31-34-33-30(35(31)28-17-15-27(16-18-28)32(3,4)5)26-13-9-12-25(21-26)24-10-7-6-8-11-24/h6-21H,1-5H3. The van der Waals surface area contributed by atoms with Crippen molar-refractivity contribution in [2.45, 2.75) is 40.0 Å². The van der Waals surface area contributed by atoms with Gasteiger partial charge in [-0.25, -0.2) is 0 Å². The Kier molecular flexibility index (Phi) is 5.86. The van der Waals surface area contributed by atoms with Crippen LogP contribution in [0.3, 0.4) is 0 Å². The molecule has 0 aliphatic rings. The lowest BCUT2D eigenvalue weighted by Gasteiger charge is -2.20. The van der Waals surface area contributed by atoms with Crippen molar-refractivity contribution in [3.05, 3.63) is 114 Å². The van der Waals surface area contributed by atoms with Crippen LogP contribution in [0.15, 0.2) is 97.1 Å². The quantitative estimate of drug-likeness (QED) is 0.272. The van der Waals surface area contributed by atoms with Crippen molar-refractivity contribution in [1.82, 2.24) is 14.8 Å². The second-order valence-electron chi connectivity index (χ2n) is 10.2. The summed E-state index contributed by atoms with van der Waals surface area (Å²) < 4.78 is 2.19. The summed E-state index contributed by atoms with van der Waals surface area (Å²) in [4.78, 5) is 0. The van der Waals surface area contributed by atoms with Gasteiger partial charge in [-0.3, -0.25) is 4.57 Å². The van der Waals surface area contributed by atoms with Gasteiger partial charge in [0.25, 0.3) is 0 Å². The maximum atomic E-state index is 4.72. The van der Waals surface area contributed by atoms with Crippen LogP contribution in [-0.2, 0) is 5.41 Å². The number of aryl methyl sites for hydroxylation is 2. The second kappa shape index (κ2) is 8.99. The summed E-state index contributed by atoms with van der Waals surface area (Å²) >= 11 is 0. The highest BCUT2D eigenvalue weighted by Gasteiger charge is 2.20. The number of nitrogens with zero attached hydrogens (tertiary/aromatic N) is 3. The molecule has 3 heteroatoms. The largest absolute Gasteiger partial charge is 0.275 e. The van der Waals surface area contributed by atoms with Gasteiger partial charge in [-0.2, -0.15) is 0 Å². The van der Waals surface area contributed by atoms with Crippen LogP contribution >= 0.6 is 0 Å². The van der Waals surface area contributed by atoms with Crippen LogP contribution in [0.5, 0.6) is 0 Å². The summed E-state index contributed by atoms with van der Waals surface area (Å²) in [6.45, 7) is 11.0. The Hall–Kier alpha value is -3.98. The van der Waals surface area contributed by atoms with Gasteiger partial charge in [0, 0.05) is 16.8 Å². The third-order valence-corrected chi connectivity index (χ3v) is 6.51. The molecule has 0 radical (unpaired) electrons. The fraction of sp³-hybridized carbons (Fsp3) is 0.188. The average Bonchev–Trinajstić information content (AvgIpc) is 3.29. The Labute approximate surface area is 208 Å². The Morgan fingerprint density at radius 1 is 0.600 bits per heavy atom. The zero-order valence-corrected chi connectivity index (χ0v) is 21.1. The minimum atomic E-state index is 0.0922. The van der Waals surface area contributed by atoms with Crippen molar-refractivity contribution in [3.63, 3.8) is 0 Å². The van der Waals surface area contributed by atoms with Crippen LogP contribution in [0, 0.1) is 13.8 Å². The van der Waals surface area contributed by atoms with E-state index in [1.807, 2.05) is 6.07 Å². The highest BCUT2D eigenvalue weighted by molar-refractivity contribution is 5.73. The molecule has 0 saturated carbocycles. The van der Waals surface area contributed by atoms with E-state index in [2.05, 4.69) is 130 Å². The van der Waals surface area contributed by atoms with Gasteiger partial charge < -0.3 is 0 Å². The molecule has 35 heavy (non-hydrogen) atoms. The van der Waals surface area contributed by atoms with Gasteiger partial charge >= 0.3 is 0 Å². The first-order valence-electron chi connectivity index (χ1n) is 12.1. The van der Waals surface area contributed by atoms with E-state index in [1.165, 1.54) is 22.3 Å². The van der Waals surface area contributed by atoms with Crippen molar-refractivity contribution >= 4 is 0 Å². The van der Waals surface area contributed by atoms with Gasteiger partial charge in [0.1, 0.15) is 0 Å². The van der Waals surface area contributed by atoms with Crippen LogP contribution in [0.4, 0.5) is 0 Å². The van der Waals surface area contributed by atoms with Crippen LogP contribution in [0.25, 0.3) is 39.6 Å². The minimum absolute atomic E-state index is 0.0922. The predicted molar refractivity (Wildman–Crippen MR) is 146 cm³/mol. The normalized spacial score (nSPS) is 11.6. The Morgan fingerprint density at radius 2 is 1.26 bits per heavy atom. The number of aromatic nitrogens is 3. The molecule has 0 atom stereocenters. The molecule has 0 unspecified atom stereocenters. The van der Waals surface area contributed by atoms with Gasteiger partial charge in [-0.1, -0.05) is 105 Å². The van der Waals surface area contributed by atoms with Crippen LogP contribution in [0.2, 0.25) is 0 Å². The van der Waals surface area contributed by atoms with E-state index in [0.717, 1.165) is 34.0 Å². The van der Waals surface area contributed by atoms with Crippen molar-refractivity contribution < 1.29 is 0 Å². The fourth-order valence-corrected chi connectivity index (χ4v) is 4.53. The Balaban J connectivity index is 1.70. The lowest BCUT2D eigenvalue weighted by atomic mass is 9.87. The predicted octanol–water partition coefficient (Wildman–Crippen LogP) is 8.18. The first-order chi connectivity index (χ1) is 16.8. The minimum Gasteiger partial charge on any atom is -0.275 e. The maximum absolute atomic E-state index is 4.72. The van der Waals surface area contributed by atoms with E-state index < -0.39 is 0 Å². The molecular weight excluding hydrogens is 426 g/mol. The lowest BCUT2D eigenvalue weighted by Crippen LogP contribution is -2.11. The summed E-state index contributed by atoms with van der Waals surface area (Å²) in [7, 11) is 0. The average molecular weight is 458 g/mol. The van der Waals surface area contributed by atoms with Crippen LogP contribution in [0.1, 0.15) is 37.5 Å². The lowest BCUT2D eigenvalue weighted by molar-refractivity contribution is 0.590. The van der Waals surface area contributed by atoms with Gasteiger partial charge in [-0.15, -0.1) is 10.2 Å². The number of hydrogen-bond acceptors (Lipinski definition) is 2. The van der Waals surface area contributed by atoms with E-state index in [0.29, 0.717) is 0 Å². The number of hydrogen-bond donors (Lipinski definition) is 0. The molecule has 5 aromatic rings. The van der Waals surface area contributed by atoms with Crippen LogP contribution < -0.4 is 0 Å². The zero-order valence-electron chi connectivity index (χ0n) is 21.1. The van der Waals surface area contributed by atoms with E-state index in [9.17, 15) is 0 Å². The second-order valence-corrected chi connectivity index (χ2v) is 10.2. The van der Waals surface area contributed by atoms with Crippen LogP contribution in [-0.4, -0.2) is 14.8 Å². The summed E-state index contributed by atoms with van der Waals surface area (Å²) in [5, 5.41) is 9.44. The van der Waals surface area contributed by atoms with Gasteiger partial charge in [0.2, 0.25) is 0 Å². The molecule has 4 aromatic carbocycles. The first-order valence-corrected chi connectivity index (χ1v) is 12.1. The number of rotatable bonds is 4. The van der Waals surface area contributed by atoms with Crippen molar-refractivity contribution in [1.29, 1.82) is 0 Å². The molecule has 0 aliphatic carbocycles. The molecule has 1 heterocycles. The molecule has 0 amide bonds. The van der Waals surface area contributed by atoms with Crippen molar-refractivity contribution in [3.8, 4) is 39.6 Å². The number of benzene rings is 4. The van der Waals surface area contributed by atoms with E-state index in [-0.39, 0.29) is 5.41 Å². The summed E-state index contributed by atoms with van der Waals surface area (Å²) in [6, 6.07) is 34.3. The smallest absolute Gasteiger partial charge is 0.169 e. The molecule has 0 bridgehead atoms. The fourth-order valence-electron chi connectivity index (χ4n) is 4.53. The molecule has 0 spiro atoms. The molecule has 0 aliphatic heterocycles. The zero-order chi connectivity index (χ0) is 24.6. The highest BCUT2D eigenvalue weighted by Crippen LogP contribution is 2.33. The summed E-state index contributed by atoms with van der Waals surface area (Å²) in [5.41, 5.74) is 9.35. The summed E-state index contributed by atoms with van der Waals surface area (Å²) in [5.74, 6) is 1.69. The monoisotopic (exact) mass is 457 g/mol. The van der Waals surface area contributed by atoms with Gasteiger partial charge in [-0.05, 0) is 59.7 Å². The maximum Gasteiger partial charge on any atom is 0.169 e. The first kappa shape index (κ1) is 22.8. The van der Waals surface area contributed by atoms with E-state index >= 15 is 0 Å². The highest BCUT2D eigenvalue weighted by atomic mass is 15.3. The molecule has 0 saturated heterocycles. The van der Waals surface area contributed by atoms with Gasteiger partial charge in [0.15, 0.2) is 11.6 Å². The van der Waals surface area contributed by atoms with Crippen molar-refractivity contribution in [2.75, 3.05) is 0 Å². The molecular formula is C32H31N3. The van der Waals surface area contributed by atoms with Crippen molar-refractivity contribution in [2.24, 2.45) is 0 Å². The molecule has 3 nitrogen and oxygen atoms in total. The molecule has 0 N–H and O–H groups in total. The molecule has 1 aromatic heterocycles. The molecule has 174 valence electrons. The third kappa shape index (κ3) is 4.54. The third-order valence-electron chi connectivity index (χ3n) is 6.51.